The molecule has 2 aromatic rings. The highest BCUT2D eigenvalue weighted by atomic mass is 32.2. The van der Waals surface area contributed by atoms with Gasteiger partial charge in [0, 0.05) is 17.5 Å². The van der Waals surface area contributed by atoms with Crippen LogP contribution in [0.3, 0.4) is 0 Å². The molecule has 3 rings (SSSR count). The minimum Gasteiger partial charge on any atom is -0.353 e. The van der Waals surface area contributed by atoms with Crippen molar-refractivity contribution in [2.45, 2.75) is 83.5 Å². The van der Waals surface area contributed by atoms with Gasteiger partial charge in [0.05, 0.1) is 11.1 Å². The van der Waals surface area contributed by atoms with Crippen molar-refractivity contribution in [3.63, 3.8) is 0 Å². The third kappa shape index (κ3) is 4.74. The Balaban J connectivity index is 1.70. The monoisotopic (exact) mass is 407 g/mol. The van der Waals surface area contributed by atoms with Crippen LogP contribution in [0.4, 0.5) is 0 Å². The Labute approximate surface area is 169 Å². The Morgan fingerprint density at radius 2 is 1.89 bits per heavy atom. The summed E-state index contributed by atoms with van der Waals surface area (Å²) >= 11 is 2.92. The van der Waals surface area contributed by atoms with Gasteiger partial charge in [-0.05, 0) is 39.2 Å². The molecule has 0 unspecified atom stereocenters. The van der Waals surface area contributed by atoms with E-state index in [0.717, 1.165) is 33.5 Å². The van der Waals surface area contributed by atoms with Crippen molar-refractivity contribution in [2.24, 2.45) is 0 Å². The molecule has 0 bridgehead atoms. The van der Waals surface area contributed by atoms with Crippen LogP contribution in [0, 0.1) is 13.8 Å². The Morgan fingerprint density at radius 3 is 2.56 bits per heavy atom. The predicted molar refractivity (Wildman–Crippen MR) is 114 cm³/mol. The summed E-state index contributed by atoms with van der Waals surface area (Å²) in [6.45, 7) is 6.50. The van der Waals surface area contributed by atoms with Crippen molar-refractivity contribution in [1.29, 1.82) is 0 Å². The average molecular weight is 408 g/mol. The van der Waals surface area contributed by atoms with Gasteiger partial charge in [0.1, 0.15) is 4.83 Å². The largest absolute Gasteiger partial charge is 0.353 e. The van der Waals surface area contributed by atoms with Crippen LogP contribution in [0.5, 0.6) is 0 Å². The Kier molecular flexibility index (Phi) is 6.98. The van der Waals surface area contributed by atoms with E-state index < -0.39 is 0 Å². The molecule has 0 radical (unpaired) electrons. The number of nitrogens with zero attached hydrogens (tertiary/aromatic N) is 2. The predicted octanol–water partition coefficient (Wildman–Crippen LogP) is 4.42. The number of hydrogen-bond donors (Lipinski definition) is 1. The van der Waals surface area contributed by atoms with E-state index in [4.69, 9.17) is 4.98 Å². The van der Waals surface area contributed by atoms with Crippen LogP contribution in [-0.2, 0) is 11.3 Å². The molecule has 0 atom stereocenters. The fourth-order valence-electron chi connectivity index (χ4n) is 3.70. The first-order valence-corrected chi connectivity index (χ1v) is 11.7. The van der Waals surface area contributed by atoms with Crippen LogP contribution in [0.25, 0.3) is 10.2 Å². The highest BCUT2D eigenvalue weighted by Crippen LogP contribution is 2.28. The number of aryl methyl sites for hydroxylation is 2. The number of hydrogen-bond acceptors (Lipinski definition) is 5. The van der Waals surface area contributed by atoms with Crippen molar-refractivity contribution in [3.05, 3.63) is 20.8 Å². The maximum Gasteiger partial charge on any atom is 0.263 e. The van der Waals surface area contributed by atoms with E-state index in [1.807, 2.05) is 20.8 Å². The van der Waals surface area contributed by atoms with Gasteiger partial charge in [-0.2, -0.15) is 0 Å². The minimum absolute atomic E-state index is 0.00674. The van der Waals surface area contributed by atoms with E-state index in [1.165, 1.54) is 43.9 Å². The third-order valence-corrected chi connectivity index (χ3v) is 7.45. The second-order valence-electron chi connectivity index (χ2n) is 7.31. The maximum absolute atomic E-state index is 12.9. The molecule has 148 valence electrons. The van der Waals surface area contributed by atoms with Gasteiger partial charge in [0.2, 0.25) is 5.91 Å². The Hall–Kier alpha value is -1.34. The van der Waals surface area contributed by atoms with Gasteiger partial charge < -0.3 is 5.32 Å². The standard InChI is InChI=1S/C20H29N3O2S2/c1-4-23-19(25)17-13(2)14(3)27-18(17)22-20(23)26-12-16(24)21-15-10-8-6-5-7-9-11-15/h15H,4-12H2,1-3H3,(H,21,24). The van der Waals surface area contributed by atoms with Gasteiger partial charge in [-0.3, -0.25) is 14.2 Å². The molecule has 1 amide bonds. The first-order valence-electron chi connectivity index (χ1n) is 9.94. The molecule has 1 fully saturated rings. The lowest BCUT2D eigenvalue weighted by Crippen LogP contribution is -2.36. The summed E-state index contributed by atoms with van der Waals surface area (Å²) in [6, 6.07) is 0.296. The number of amides is 1. The molecule has 2 aromatic heterocycles. The maximum atomic E-state index is 12.9. The number of carbonyl (C=O) groups is 1. The van der Waals surface area contributed by atoms with Crippen LogP contribution in [0.15, 0.2) is 9.95 Å². The molecule has 0 aliphatic heterocycles. The summed E-state index contributed by atoms with van der Waals surface area (Å²) in [7, 11) is 0. The van der Waals surface area contributed by atoms with Crippen molar-refractivity contribution in [3.8, 4) is 0 Å². The van der Waals surface area contributed by atoms with Gasteiger partial charge in [-0.25, -0.2) is 4.98 Å². The summed E-state index contributed by atoms with van der Waals surface area (Å²) in [5, 5.41) is 4.55. The molecule has 1 aliphatic rings. The summed E-state index contributed by atoms with van der Waals surface area (Å²) in [5.74, 6) is 0.346. The van der Waals surface area contributed by atoms with Crippen molar-refractivity contribution < 1.29 is 4.79 Å². The molecule has 1 saturated carbocycles. The third-order valence-electron chi connectivity index (χ3n) is 5.37. The van der Waals surface area contributed by atoms with E-state index in [-0.39, 0.29) is 11.5 Å². The molecule has 0 spiro atoms. The summed E-state index contributed by atoms with van der Waals surface area (Å²) < 4.78 is 1.69. The van der Waals surface area contributed by atoms with Crippen molar-refractivity contribution >= 4 is 39.2 Å². The summed E-state index contributed by atoms with van der Waals surface area (Å²) in [4.78, 5) is 31.9. The molecule has 1 aliphatic carbocycles. The lowest BCUT2D eigenvalue weighted by molar-refractivity contribution is -0.119. The van der Waals surface area contributed by atoms with E-state index in [2.05, 4.69) is 5.32 Å². The number of thioether (sulfide) groups is 1. The molecule has 5 nitrogen and oxygen atoms in total. The van der Waals surface area contributed by atoms with E-state index in [9.17, 15) is 9.59 Å². The summed E-state index contributed by atoms with van der Waals surface area (Å²) in [5.41, 5.74) is 1.03. The van der Waals surface area contributed by atoms with Crippen molar-refractivity contribution in [2.75, 3.05) is 5.75 Å². The molecular formula is C20H29N3O2S2. The highest BCUT2D eigenvalue weighted by Gasteiger charge is 2.18. The average Bonchev–Trinajstić information content (AvgIpc) is 2.90. The van der Waals surface area contributed by atoms with E-state index in [0.29, 0.717) is 23.5 Å². The van der Waals surface area contributed by atoms with Crippen LogP contribution < -0.4 is 10.9 Å². The van der Waals surface area contributed by atoms with Crippen LogP contribution in [0.2, 0.25) is 0 Å². The fourth-order valence-corrected chi connectivity index (χ4v) is 5.64. The fraction of sp³-hybridized carbons (Fsp3) is 0.650. The zero-order valence-corrected chi connectivity index (χ0v) is 18.1. The van der Waals surface area contributed by atoms with Gasteiger partial charge in [0.15, 0.2) is 5.16 Å². The second-order valence-corrected chi connectivity index (χ2v) is 9.45. The minimum atomic E-state index is 0.00674. The zero-order chi connectivity index (χ0) is 19.4. The van der Waals surface area contributed by atoms with E-state index in [1.54, 1.807) is 15.9 Å². The number of fused-ring (bicyclic) bond motifs is 1. The molecule has 7 heteroatoms. The zero-order valence-electron chi connectivity index (χ0n) is 16.5. The first kappa shape index (κ1) is 20.4. The molecule has 0 saturated heterocycles. The number of nitrogens with one attached hydrogen (secondary N) is 1. The number of aromatic nitrogens is 2. The molecule has 0 aromatic carbocycles. The molecule has 1 N–H and O–H groups in total. The Bertz CT molecular complexity index is 864. The normalized spacial score (nSPS) is 16.3. The topological polar surface area (TPSA) is 64.0 Å². The van der Waals surface area contributed by atoms with Gasteiger partial charge in [-0.15, -0.1) is 11.3 Å². The lowest BCUT2D eigenvalue weighted by Gasteiger charge is -2.21. The molecular weight excluding hydrogens is 378 g/mol. The van der Waals surface area contributed by atoms with Crippen LogP contribution >= 0.6 is 23.1 Å². The van der Waals surface area contributed by atoms with Crippen molar-refractivity contribution in [1.82, 2.24) is 14.9 Å². The lowest BCUT2D eigenvalue weighted by atomic mass is 9.97. The van der Waals surface area contributed by atoms with Crippen LogP contribution in [0.1, 0.15) is 62.3 Å². The highest BCUT2D eigenvalue weighted by molar-refractivity contribution is 7.99. The SMILES string of the molecule is CCn1c(SCC(=O)NC2CCCCCCC2)nc2sc(C)c(C)c2c1=O. The van der Waals surface area contributed by atoms with E-state index >= 15 is 0 Å². The smallest absolute Gasteiger partial charge is 0.263 e. The first-order chi connectivity index (χ1) is 13.0. The number of thiophene rings is 1. The quantitative estimate of drug-likeness (QED) is 0.589. The Morgan fingerprint density at radius 1 is 1.22 bits per heavy atom. The number of carbonyl (C=O) groups excluding carboxylic acids is 1. The molecule has 27 heavy (non-hydrogen) atoms. The van der Waals surface area contributed by atoms with Gasteiger partial charge in [0.25, 0.3) is 5.56 Å². The summed E-state index contributed by atoms with van der Waals surface area (Å²) in [6.07, 6.45) is 8.41. The van der Waals surface area contributed by atoms with Crippen LogP contribution in [-0.4, -0.2) is 27.3 Å². The van der Waals surface area contributed by atoms with Gasteiger partial charge in [-0.1, -0.05) is 43.9 Å². The van der Waals surface area contributed by atoms with Gasteiger partial charge >= 0.3 is 0 Å². The molecule has 2 heterocycles. The number of rotatable bonds is 5. The second kappa shape index (κ2) is 9.24.